The molecule has 4 amide bonds. The average Bonchev–Trinajstić information content (AvgIpc) is 3.65. The van der Waals surface area contributed by atoms with Crippen LogP contribution in [0, 0.1) is 0 Å². The fraction of sp³-hybridized carbons (Fsp3) is 0.618. The number of carbonyl (C=O) groups is 7. The Bertz CT molecular complexity index is 1580. The molecule has 4 fully saturated rings. The smallest absolute Gasteiger partial charge is 0.426 e. The number of amides is 4. The Morgan fingerprint density at radius 2 is 1.35 bits per heavy atom. The van der Waals surface area contributed by atoms with Gasteiger partial charge in [-0.1, -0.05) is 0 Å². The van der Waals surface area contributed by atoms with Crippen LogP contribution >= 0.6 is 0 Å². The van der Waals surface area contributed by atoms with Crippen LogP contribution in [0.1, 0.15) is 43.0 Å². The summed E-state index contributed by atoms with van der Waals surface area (Å²) < 4.78 is 16.1. The van der Waals surface area contributed by atoms with E-state index in [1.807, 2.05) is 19.6 Å². The largest absolute Gasteiger partial charge is 0.475 e. The summed E-state index contributed by atoms with van der Waals surface area (Å²) in [5.74, 6) is -4.00. The van der Waals surface area contributed by atoms with E-state index in [1.165, 1.54) is 24.0 Å². The maximum atomic E-state index is 13.0. The third-order valence-corrected chi connectivity index (χ3v) is 12.9. The van der Waals surface area contributed by atoms with Crippen LogP contribution in [0.25, 0.3) is 0 Å². The minimum Gasteiger partial charge on any atom is -0.426 e. The predicted molar refractivity (Wildman–Crippen MR) is 202 cm³/mol. The fourth-order valence-corrected chi connectivity index (χ4v) is 9.00. The van der Waals surface area contributed by atoms with E-state index < -0.39 is 66.1 Å². The molecule has 310 valence electrons. The second-order valence-corrected chi connectivity index (χ2v) is 17.1. The molecule has 6 N–H and O–H groups in total. The molecule has 0 saturated carbocycles. The van der Waals surface area contributed by atoms with Crippen molar-refractivity contribution < 1.29 is 54.2 Å². The van der Waals surface area contributed by atoms with Gasteiger partial charge in [0.1, 0.15) is 6.04 Å². The minimum absolute atomic E-state index is 0.00795. The maximum Gasteiger partial charge on any atom is 0.475 e. The molecule has 4 saturated heterocycles. The van der Waals surface area contributed by atoms with E-state index in [0.29, 0.717) is 83.9 Å². The summed E-state index contributed by atoms with van der Waals surface area (Å²) in [5.41, 5.74) is 6.17. The number of anilines is 1. The Hall–Kier alpha value is -4.23. The third-order valence-electron chi connectivity index (χ3n) is 10.1. The first-order chi connectivity index (χ1) is 27.3. The van der Waals surface area contributed by atoms with Crippen LogP contribution < -0.4 is 21.5 Å². The molecular weight excluding hydrogens is 807 g/mol. The van der Waals surface area contributed by atoms with Crippen LogP contribution in [0.2, 0.25) is 0 Å². The van der Waals surface area contributed by atoms with E-state index in [9.17, 15) is 43.6 Å². The molecule has 4 heterocycles. The normalized spacial score (nSPS) is 23.9. The zero-order chi connectivity index (χ0) is 40.9. The SMILES string of the molecule is C[C@@H](NC(=O)c1ccc(NNC(=O)CCCNC(=O)CN2CCN3CCN4CCN(CC2)CC(=O)[O][Ga]([O]C(=O)C3)[O]C(=O)C4)cc1)C(=O)N1CCC[C@H]1B(O)O. The number of hydrogen-bond donors (Lipinski definition) is 6. The number of nitrogens with one attached hydrogen (secondary N) is 4. The molecule has 1 aromatic carbocycles. The zero-order valence-corrected chi connectivity index (χ0v) is 34.5. The Morgan fingerprint density at radius 1 is 0.807 bits per heavy atom. The molecule has 5 rings (SSSR count). The summed E-state index contributed by atoms with van der Waals surface area (Å²) in [7, 11) is -1.65. The summed E-state index contributed by atoms with van der Waals surface area (Å²) in [6.45, 7) is 5.79. The van der Waals surface area contributed by atoms with Gasteiger partial charge in [-0.25, -0.2) is 0 Å². The molecule has 4 bridgehead atoms. The van der Waals surface area contributed by atoms with E-state index in [4.69, 9.17) is 10.6 Å². The van der Waals surface area contributed by atoms with Crippen molar-refractivity contribution in [2.24, 2.45) is 0 Å². The molecule has 4 aliphatic heterocycles. The fourth-order valence-electron chi connectivity index (χ4n) is 6.88. The zero-order valence-electron chi connectivity index (χ0n) is 32.1. The molecule has 2 unspecified atom stereocenters. The molecule has 21 nitrogen and oxygen atoms in total. The van der Waals surface area contributed by atoms with Crippen LogP contribution in [-0.4, -0.2) is 204 Å². The van der Waals surface area contributed by atoms with Crippen LogP contribution in [0.5, 0.6) is 0 Å². The topological polar surface area (TPSA) is 252 Å². The number of rotatable bonds is 12. The van der Waals surface area contributed by atoms with Gasteiger partial charge in [-0.15, -0.1) is 0 Å². The molecule has 57 heavy (non-hydrogen) atoms. The van der Waals surface area contributed by atoms with Crippen molar-refractivity contribution in [3.05, 3.63) is 29.8 Å². The number of hydrazine groups is 1. The van der Waals surface area contributed by atoms with Gasteiger partial charge in [-0.2, -0.15) is 0 Å². The Morgan fingerprint density at radius 3 is 1.89 bits per heavy atom. The van der Waals surface area contributed by atoms with Gasteiger partial charge in [0.2, 0.25) is 11.8 Å². The molecule has 4 atom stereocenters. The van der Waals surface area contributed by atoms with Gasteiger partial charge < -0.3 is 20.3 Å². The number of benzene rings is 1. The summed E-state index contributed by atoms with van der Waals surface area (Å²) in [6.07, 6.45) is 1.60. The van der Waals surface area contributed by atoms with E-state index in [1.54, 1.807) is 12.1 Å². The van der Waals surface area contributed by atoms with E-state index in [0.717, 1.165) is 0 Å². The van der Waals surface area contributed by atoms with E-state index in [-0.39, 0.29) is 56.5 Å². The number of nitrogens with zero attached hydrogens (tertiary/aromatic N) is 5. The van der Waals surface area contributed by atoms with Gasteiger partial charge in [0, 0.05) is 18.5 Å². The van der Waals surface area contributed by atoms with Gasteiger partial charge in [0.05, 0.1) is 11.6 Å². The predicted octanol–water partition coefficient (Wildman–Crippen LogP) is -3.99. The van der Waals surface area contributed by atoms with Crippen LogP contribution in [-0.2, 0) is 39.4 Å². The Balaban J connectivity index is 1.03. The summed E-state index contributed by atoms with van der Waals surface area (Å²) in [6, 6.07) is 5.36. The van der Waals surface area contributed by atoms with Crippen LogP contribution in [0.3, 0.4) is 0 Å². The van der Waals surface area contributed by atoms with Crippen LogP contribution in [0.4, 0.5) is 5.69 Å². The van der Waals surface area contributed by atoms with Crippen molar-refractivity contribution >= 4 is 71.7 Å². The average molecular weight is 858 g/mol. The standard InChI is InChI=1S/C34H54BN9O12.Ga/c1-24(34(54)44-11-3-4-27(44)35(55)56)37-33(53)25-6-8-26(9-7-25)38-39-28(45)5-2-10-36-29(46)20-40-12-14-41(21-30(47)48)16-18-43(23-32(51)52)19-17-42(15-13-40)22-31(49)50;/h6-9,24,27,38,55-56H,2-5,10-23H2,1H3,(H,36,46)(H,37,53)(H,39,45)(H,47,48)(H,49,50)(H,51,52);/q;+3/p-3/t24-,27+;/m1./s1. The number of hydrogen-bond acceptors (Lipinski definition) is 17. The monoisotopic (exact) mass is 857 g/mol. The Labute approximate surface area is 337 Å². The maximum absolute atomic E-state index is 13.0. The molecule has 0 radical (unpaired) electrons. The van der Waals surface area contributed by atoms with E-state index >= 15 is 0 Å². The first-order valence-electron chi connectivity index (χ1n) is 19.2. The molecule has 0 aliphatic carbocycles. The van der Waals surface area contributed by atoms with Gasteiger partial charge in [0.15, 0.2) is 0 Å². The first kappa shape index (κ1) is 43.9. The molecule has 0 spiro atoms. The Kier molecular flexibility index (Phi) is 16.6. The van der Waals surface area contributed by atoms with Crippen LogP contribution in [0.15, 0.2) is 24.3 Å². The van der Waals surface area contributed by atoms with Crippen molar-refractivity contribution in [3.63, 3.8) is 0 Å². The van der Waals surface area contributed by atoms with Crippen molar-refractivity contribution in [2.75, 3.05) is 97.1 Å². The van der Waals surface area contributed by atoms with Gasteiger partial charge in [-0.3, -0.25) is 25.2 Å². The van der Waals surface area contributed by atoms with Gasteiger partial charge in [-0.05, 0) is 44.0 Å². The molecule has 4 aliphatic rings. The van der Waals surface area contributed by atoms with Crippen molar-refractivity contribution in [1.29, 1.82) is 0 Å². The summed E-state index contributed by atoms with van der Waals surface area (Å²) >= 11 is -3.95. The van der Waals surface area contributed by atoms with Crippen molar-refractivity contribution in [1.82, 2.24) is 40.6 Å². The number of likely N-dealkylation sites (tertiary alicyclic amines) is 1. The molecule has 23 heteroatoms. The van der Waals surface area contributed by atoms with Gasteiger partial charge >= 0.3 is 194 Å². The number of fused-ring (bicyclic) bond motifs is 7. The second kappa shape index (κ2) is 21.5. The van der Waals surface area contributed by atoms with Crippen molar-refractivity contribution in [3.8, 4) is 0 Å². The summed E-state index contributed by atoms with van der Waals surface area (Å²) in [4.78, 5) is 98.1. The summed E-state index contributed by atoms with van der Waals surface area (Å²) in [5, 5.41) is 24.6. The minimum atomic E-state index is -3.95. The third kappa shape index (κ3) is 14.0. The molecular formula is C34H51BGaN9O12. The van der Waals surface area contributed by atoms with E-state index in [2.05, 4.69) is 21.5 Å². The van der Waals surface area contributed by atoms with Crippen molar-refractivity contribution in [2.45, 2.75) is 44.6 Å². The molecule has 0 aromatic heterocycles. The second-order valence-electron chi connectivity index (χ2n) is 14.4. The molecule has 1 aromatic rings. The first-order valence-corrected chi connectivity index (χ1v) is 22.2. The quantitative estimate of drug-likeness (QED) is 0.0666. The van der Waals surface area contributed by atoms with Gasteiger partial charge in [0.25, 0.3) is 5.91 Å². The number of carbonyl (C=O) groups excluding carboxylic acids is 7.